The molecular formula is C18H19N3O3. The fourth-order valence-electron chi connectivity index (χ4n) is 3.90. The van der Waals surface area contributed by atoms with Crippen molar-refractivity contribution in [2.24, 2.45) is 0 Å². The van der Waals surface area contributed by atoms with Crippen molar-refractivity contribution in [3.8, 4) is 11.5 Å². The molecule has 124 valence electrons. The van der Waals surface area contributed by atoms with E-state index in [0.717, 1.165) is 53.8 Å². The van der Waals surface area contributed by atoms with Gasteiger partial charge in [0.1, 0.15) is 24.9 Å². The summed E-state index contributed by atoms with van der Waals surface area (Å²) in [5.74, 6) is 3.54. The summed E-state index contributed by atoms with van der Waals surface area (Å²) in [6, 6.07) is 5.96. The number of imidazole rings is 1. The van der Waals surface area contributed by atoms with Gasteiger partial charge in [0.2, 0.25) is 5.91 Å². The van der Waals surface area contributed by atoms with E-state index in [1.165, 1.54) is 6.42 Å². The predicted octanol–water partition coefficient (Wildman–Crippen LogP) is 2.46. The number of nitrogens with one attached hydrogen (secondary N) is 1. The van der Waals surface area contributed by atoms with Gasteiger partial charge in [0.15, 0.2) is 11.5 Å². The number of amides is 1. The molecule has 0 saturated carbocycles. The van der Waals surface area contributed by atoms with E-state index in [0.29, 0.717) is 19.6 Å². The van der Waals surface area contributed by atoms with Crippen LogP contribution in [0.4, 0.5) is 5.82 Å². The molecule has 6 nitrogen and oxygen atoms in total. The molecule has 0 saturated heterocycles. The lowest BCUT2D eigenvalue weighted by molar-refractivity contribution is -0.116. The smallest absolute Gasteiger partial charge is 0.226 e. The van der Waals surface area contributed by atoms with Crippen LogP contribution in [0.2, 0.25) is 0 Å². The van der Waals surface area contributed by atoms with Gasteiger partial charge in [-0.05, 0) is 30.5 Å². The second-order valence-electron chi connectivity index (χ2n) is 6.58. The maximum atomic E-state index is 12.3. The van der Waals surface area contributed by atoms with Gasteiger partial charge < -0.3 is 19.4 Å². The van der Waals surface area contributed by atoms with Crippen LogP contribution in [0.3, 0.4) is 0 Å². The summed E-state index contributed by atoms with van der Waals surface area (Å²) in [6.07, 6.45) is 3.71. The third-order valence-electron chi connectivity index (χ3n) is 5.05. The zero-order chi connectivity index (χ0) is 16.1. The molecule has 4 heterocycles. The molecule has 1 amide bonds. The monoisotopic (exact) mass is 325 g/mol. The number of anilines is 1. The van der Waals surface area contributed by atoms with Crippen molar-refractivity contribution < 1.29 is 14.3 Å². The molecule has 3 aliphatic heterocycles. The summed E-state index contributed by atoms with van der Waals surface area (Å²) < 4.78 is 13.5. The minimum Gasteiger partial charge on any atom is -0.486 e. The highest BCUT2D eigenvalue weighted by atomic mass is 16.6. The van der Waals surface area contributed by atoms with Crippen LogP contribution in [0.1, 0.15) is 42.3 Å². The van der Waals surface area contributed by atoms with Gasteiger partial charge in [0.05, 0.1) is 5.69 Å². The van der Waals surface area contributed by atoms with Crippen molar-refractivity contribution in [2.75, 3.05) is 18.5 Å². The first kappa shape index (κ1) is 13.9. The van der Waals surface area contributed by atoms with Crippen molar-refractivity contribution >= 4 is 11.7 Å². The van der Waals surface area contributed by atoms with Gasteiger partial charge in [0, 0.05) is 25.3 Å². The Bertz CT molecular complexity index is 827. The van der Waals surface area contributed by atoms with Gasteiger partial charge >= 0.3 is 0 Å². The van der Waals surface area contributed by atoms with Crippen molar-refractivity contribution in [1.82, 2.24) is 9.55 Å². The van der Waals surface area contributed by atoms with Gasteiger partial charge in [-0.3, -0.25) is 4.79 Å². The molecule has 1 aromatic heterocycles. The quantitative estimate of drug-likeness (QED) is 0.875. The second-order valence-corrected chi connectivity index (χ2v) is 6.58. The molecule has 5 rings (SSSR count). The zero-order valence-electron chi connectivity index (χ0n) is 13.4. The average molecular weight is 325 g/mol. The Labute approximate surface area is 139 Å². The Morgan fingerprint density at radius 2 is 2.04 bits per heavy atom. The second kappa shape index (κ2) is 5.26. The highest BCUT2D eigenvalue weighted by molar-refractivity contribution is 5.94. The van der Waals surface area contributed by atoms with Crippen LogP contribution in [0.5, 0.6) is 11.5 Å². The number of hydrogen-bond donors (Lipinski definition) is 1. The fourth-order valence-corrected chi connectivity index (χ4v) is 3.90. The third-order valence-corrected chi connectivity index (χ3v) is 5.05. The molecule has 6 heteroatoms. The minimum absolute atomic E-state index is 0.0253. The highest BCUT2D eigenvalue weighted by Gasteiger charge is 2.33. The summed E-state index contributed by atoms with van der Waals surface area (Å²) in [5, 5.41) is 3.04. The number of ether oxygens (including phenoxy) is 2. The number of aromatic nitrogens is 2. The normalized spacial score (nSPS) is 21.7. The van der Waals surface area contributed by atoms with Crippen LogP contribution in [0.15, 0.2) is 18.2 Å². The Morgan fingerprint density at radius 1 is 1.17 bits per heavy atom. The lowest BCUT2D eigenvalue weighted by atomic mass is 9.89. The summed E-state index contributed by atoms with van der Waals surface area (Å²) in [4.78, 5) is 17.1. The molecule has 1 atom stereocenters. The van der Waals surface area contributed by atoms with E-state index in [2.05, 4.69) is 9.88 Å². The van der Waals surface area contributed by atoms with Crippen LogP contribution in [-0.2, 0) is 17.8 Å². The van der Waals surface area contributed by atoms with E-state index in [4.69, 9.17) is 14.5 Å². The topological polar surface area (TPSA) is 65.4 Å². The Hall–Kier alpha value is -2.50. The number of aryl methyl sites for hydroxylation is 1. The van der Waals surface area contributed by atoms with Gasteiger partial charge in [-0.2, -0.15) is 0 Å². The number of rotatable bonds is 1. The molecular weight excluding hydrogens is 306 g/mol. The van der Waals surface area contributed by atoms with E-state index in [9.17, 15) is 4.79 Å². The molecule has 0 radical (unpaired) electrons. The van der Waals surface area contributed by atoms with Crippen LogP contribution >= 0.6 is 0 Å². The molecule has 0 fully saturated rings. The van der Waals surface area contributed by atoms with Crippen LogP contribution < -0.4 is 14.8 Å². The number of carbonyl (C=O) groups is 1. The zero-order valence-corrected chi connectivity index (χ0v) is 13.4. The SMILES string of the molecule is O=C1C[C@H](c2ccc3c(c2)OCCO3)c2nc3n(c2N1)CCCC3. The first-order chi connectivity index (χ1) is 11.8. The Morgan fingerprint density at radius 3 is 2.96 bits per heavy atom. The largest absolute Gasteiger partial charge is 0.486 e. The summed E-state index contributed by atoms with van der Waals surface area (Å²) in [5.41, 5.74) is 2.05. The Kier molecular flexibility index (Phi) is 3.04. The molecule has 2 aromatic rings. The van der Waals surface area contributed by atoms with Gasteiger partial charge in [-0.15, -0.1) is 0 Å². The van der Waals surface area contributed by atoms with Crippen LogP contribution in [0, 0.1) is 0 Å². The fraction of sp³-hybridized carbons (Fsp3) is 0.444. The Balaban J connectivity index is 1.60. The number of hydrogen-bond acceptors (Lipinski definition) is 4. The van der Waals surface area contributed by atoms with Gasteiger partial charge in [-0.1, -0.05) is 6.07 Å². The summed E-state index contributed by atoms with van der Waals surface area (Å²) in [6.45, 7) is 2.08. The van der Waals surface area contributed by atoms with Gasteiger partial charge in [-0.25, -0.2) is 4.98 Å². The molecule has 1 aromatic carbocycles. The number of nitrogens with zero attached hydrogens (tertiary/aromatic N) is 2. The van der Waals surface area contributed by atoms with Crippen molar-refractivity contribution in [3.05, 3.63) is 35.3 Å². The van der Waals surface area contributed by atoms with Crippen molar-refractivity contribution in [3.63, 3.8) is 0 Å². The van der Waals surface area contributed by atoms with Gasteiger partial charge in [0.25, 0.3) is 0 Å². The standard InChI is InChI=1S/C18H19N3O3/c22-16-10-12(11-4-5-13-14(9-11)24-8-7-23-13)17-18(20-16)21-6-2-1-3-15(21)19-17/h4-5,9,12H,1-3,6-8,10H2,(H,20,22)/t12-/m1/s1. The maximum absolute atomic E-state index is 12.3. The maximum Gasteiger partial charge on any atom is 0.226 e. The average Bonchev–Trinajstić information content (AvgIpc) is 2.99. The van der Waals surface area contributed by atoms with E-state index < -0.39 is 0 Å². The predicted molar refractivity (Wildman–Crippen MR) is 87.7 cm³/mol. The summed E-state index contributed by atoms with van der Waals surface area (Å²) in [7, 11) is 0. The van der Waals surface area contributed by atoms with E-state index in [1.807, 2.05) is 18.2 Å². The van der Waals surface area contributed by atoms with E-state index in [-0.39, 0.29) is 11.8 Å². The molecule has 0 bridgehead atoms. The molecule has 24 heavy (non-hydrogen) atoms. The molecule has 0 aliphatic carbocycles. The molecule has 0 unspecified atom stereocenters. The number of benzene rings is 1. The molecule has 1 N–H and O–H groups in total. The number of carbonyl (C=O) groups excluding carboxylic acids is 1. The summed E-state index contributed by atoms with van der Waals surface area (Å²) >= 11 is 0. The van der Waals surface area contributed by atoms with Crippen molar-refractivity contribution in [1.29, 1.82) is 0 Å². The molecule has 3 aliphatic rings. The first-order valence-corrected chi connectivity index (χ1v) is 8.58. The highest BCUT2D eigenvalue weighted by Crippen LogP contribution is 2.41. The van der Waals surface area contributed by atoms with Crippen LogP contribution in [0.25, 0.3) is 0 Å². The first-order valence-electron chi connectivity index (χ1n) is 8.58. The lowest BCUT2D eigenvalue weighted by Gasteiger charge is -2.25. The number of fused-ring (bicyclic) bond motifs is 4. The molecule has 0 spiro atoms. The lowest BCUT2D eigenvalue weighted by Crippen LogP contribution is -2.25. The van der Waals surface area contributed by atoms with E-state index >= 15 is 0 Å². The third kappa shape index (κ3) is 2.09. The van der Waals surface area contributed by atoms with Crippen LogP contribution in [-0.4, -0.2) is 28.7 Å². The minimum atomic E-state index is -0.0253. The van der Waals surface area contributed by atoms with Crippen molar-refractivity contribution in [2.45, 2.75) is 38.1 Å². The van der Waals surface area contributed by atoms with E-state index in [1.54, 1.807) is 0 Å².